The van der Waals surface area contributed by atoms with Gasteiger partial charge in [0.25, 0.3) is 0 Å². The van der Waals surface area contributed by atoms with Crippen molar-refractivity contribution in [1.29, 1.82) is 0 Å². The Kier molecular flexibility index (Phi) is 5.51. The fourth-order valence-corrected chi connectivity index (χ4v) is 0.990. The topological polar surface area (TPSA) is 0 Å². The van der Waals surface area contributed by atoms with Crippen LogP contribution >= 0.6 is 23.6 Å². The van der Waals surface area contributed by atoms with Gasteiger partial charge in [0.2, 0.25) is 0 Å². The first-order valence-corrected chi connectivity index (χ1v) is 4.56. The van der Waals surface area contributed by atoms with Crippen molar-refractivity contribution in [3.8, 4) is 0 Å². The molecule has 62 valence electrons. The summed E-state index contributed by atoms with van der Waals surface area (Å²) in [7, 11) is 0. The van der Waals surface area contributed by atoms with Gasteiger partial charge in [-0.25, -0.2) is 0 Å². The Morgan fingerprint density at radius 2 is 1.70 bits per heavy atom. The lowest BCUT2D eigenvalue weighted by atomic mass is 10.2. The van der Waals surface area contributed by atoms with Crippen LogP contribution in [0.25, 0.3) is 0 Å². The molecule has 10 heavy (non-hydrogen) atoms. The van der Waals surface area contributed by atoms with Gasteiger partial charge in [-0.15, -0.1) is 3.52 Å². The van der Waals surface area contributed by atoms with Crippen molar-refractivity contribution in [3.05, 3.63) is 0 Å². The number of halogens is 2. The van der Waals surface area contributed by atoms with Crippen LogP contribution in [-0.2, 0) is 0 Å². The highest BCUT2D eigenvalue weighted by atomic mass is 35.5. The van der Waals surface area contributed by atoms with Gasteiger partial charge in [0.1, 0.15) is 13.1 Å². The Labute approximate surface area is 73.7 Å². The van der Waals surface area contributed by atoms with Gasteiger partial charge in [-0.1, -0.05) is 13.3 Å². The van der Waals surface area contributed by atoms with Crippen molar-refractivity contribution in [3.63, 3.8) is 0 Å². The molecular weight excluding hydrogens is 169 g/mol. The van der Waals surface area contributed by atoms with E-state index in [1.165, 1.54) is 12.8 Å². The molecule has 0 bridgehead atoms. The van der Waals surface area contributed by atoms with E-state index in [1.807, 2.05) is 6.92 Å². The van der Waals surface area contributed by atoms with Crippen molar-refractivity contribution < 1.29 is 3.52 Å². The zero-order valence-corrected chi connectivity index (χ0v) is 8.25. The second-order valence-electron chi connectivity index (χ2n) is 2.51. The third-order valence-corrected chi connectivity index (χ3v) is 2.37. The molecule has 0 fully saturated rings. The lowest BCUT2D eigenvalue weighted by Crippen LogP contribution is -2.27. The zero-order valence-electron chi connectivity index (χ0n) is 6.74. The lowest BCUT2D eigenvalue weighted by molar-refractivity contribution is -0.688. The smallest absolute Gasteiger partial charge is 0.124 e. The summed E-state index contributed by atoms with van der Waals surface area (Å²) in [4.78, 5) is 0. The second-order valence-corrected chi connectivity index (χ2v) is 3.98. The highest BCUT2D eigenvalue weighted by Gasteiger charge is 2.19. The van der Waals surface area contributed by atoms with E-state index < -0.39 is 0 Å². The molecule has 0 N–H and O–H groups in total. The largest absolute Gasteiger partial charge is 0.186 e. The molecule has 0 aromatic heterocycles. The number of rotatable bonds is 5. The molecule has 0 aromatic carbocycles. The van der Waals surface area contributed by atoms with Crippen molar-refractivity contribution in [2.24, 2.45) is 0 Å². The van der Waals surface area contributed by atoms with Crippen LogP contribution in [0.5, 0.6) is 0 Å². The van der Waals surface area contributed by atoms with E-state index in [1.54, 1.807) is 0 Å². The van der Waals surface area contributed by atoms with Gasteiger partial charge < -0.3 is 0 Å². The van der Waals surface area contributed by atoms with E-state index >= 15 is 0 Å². The Hall–Kier alpha value is 0.540. The Morgan fingerprint density at radius 3 is 2.10 bits per heavy atom. The van der Waals surface area contributed by atoms with E-state index in [4.69, 9.17) is 23.6 Å². The predicted octanol–water partition coefficient (Wildman–Crippen LogP) is 3.32. The first-order chi connectivity index (χ1) is 4.62. The van der Waals surface area contributed by atoms with Crippen LogP contribution in [-0.4, -0.2) is 16.6 Å². The van der Waals surface area contributed by atoms with Crippen LogP contribution in [0.3, 0.4) is 0 Å². The van der Waals surface area contributed by atoms with Gasteiger partial charge in [0, 0.05) is 0 Å². The predicted molar refractivity (Wildman–Crippen MR) is 46.9 cm³/mol. The molecule has 0 amide bonds. The number of nitrogens with zero attached hydrogens (tertiary/aromatic N) is 1. The zero-order chi connectivity index (χ0) is 8.04. The lowest BCUT2D eigenvalue weighted by Gasteiger charge is -2.16. The van der Waals surface area contributed by atoms with E-state index in [-0.39, 0.29) is 3.52 Å². The molecule has 0 aliphatic heterocycles. The Morgan fingerprint density at radius 1 is 1.10 bits per heavy atom. The highest BCUT2D eigenvalue weighted by molar-refractivity contribution is 6.23. The summed E-state index contributed by atoms with van der Waals surface area (Å²) < 4.78 is 0.125. The molecule has 1 nitrogen and oxygen atoms in total. The quantitative estimate of drug-likeness (QED) is 0.455. The van der Waals surface area contributed by atoms with Gasteiger partial charge in [0.15, 0.2) is 23.6 Å². The molecule has 0 aromatic rings. The number of hydrogen-bond donors (Lipinski definition) is 0. The second kappa shape index (κ2) is 5.22. The summed E-state index contributed by atoms with van der Waals surface area (Å²) in [5, 5.41) is 0. The van der Waals surface area contributed by atoms with Crippen LogP contribution in [0.4, 0.5) is 0 Å². The third-order valence-electron chi connectivity index (χ3n) is 1.55. The minimum Gasteiger partial charge on any atom is -0.124 e. The van der Waals surface area contributed by atoms with Gasteiger partial charge in [-0.3, -0.25) is 0 Å². The molecular formula is C7H16Cl2N+. The Balaban J connectivity index is 3.28. The van der Waals surface area contributed by atoms with Gasteiger partial charge in [0.05, 0.1) is 0 Å². The molecule has 0 aliphatic rings. The van der Waals surface area contributed by atoms with Crippen LogP contribution in [0.15, 0.2) is 0 Å². The molecule has 3 heteroatoms. The highest BCUT2D eigenvalue weighted by Crippen LogP contribution is 2.17. The van der Waals surface area contributed by atoms with E-state index in [0.29, 0.717) is 0 Å². The first kappa shape index (κ1) is 10.5. The molecule has 0 rings (SSSR count). The maximum Gasteiger partial charge on any atom is 0.186 e. The maximum atomic E-state index is 5.86. The van der Waals surface area contributed by atoms with Crippen molar-refractivity contribution in [1.82, 2.24) is 0 Å². The normalized spacial score (nSPS) is 12.0. The van der Waals surface area contributed by atoms with Crippen molar-refractivity contribution in [2.75, 3.05) is 13.1 Å². The molecule has 0 spiro atoms. The number of unbranched alkanes of at least 4 members (excludes halogenated alkanes) is 2. The molecule has 0 unspecified atom stereocenters. The molecule has 0 atom stereocenters. The number of hydrogen-bond acceptors (Lipinski definition) is 0. The molecule has 0 heterocycles. The minimum absolute atomic E-state index is 0.125. The fourth-order valence-electron chi connectivity index (χ4n) is 0.751. The van der Waals surface area contributed by atoms with Gasteiger partial charge in [-0.05, 0) is 19.8 Å². The van der Waals surface area contributed by atoms with Crippen molar-refractivity contribution in [2.45, 2.75) is 33.1 Å². The fraction of sp³-hybridized carbons (Fsp3) is 1.00. The summed E-state index contributed by atoms with van der Waals surface area (Å²) in [6.45, 7) is 5.81. The average Bonchev–Trinajstić information content (AvgIpc) is 1.89. The summed E-state index contributed by atoms with van der Waals surface area (Å²) in [5.74, 6) is 0. The van der Waals surface area contributed by atoms with Crippen LogP contribution in [0, 0.1) is 0 Å². The first-order valence-electron chi connectivity index (χ1n) is 3.88. The molecule has 0 saturated carbocycles. The van der Waals surface area contributed by atoms with E-state index in [0.717, 1.165) is 19.5 Å². The Bertz CT molecular complexity index is 83.7. The van der Waals surface area contributed by atoms with Gasteiger partial charge in [-0.2, -0.15) is 0 Å². The third kappa shape index (κ3) is 5.33. The van der Waals surface area contributed by atoms with Crippen molar-refractivity contribution >= 4 is 23.6 Å². The molecule has 0 saturated heterocycles. The van der Waals surface area contributed by atoms with Crippen LogP contribution in [0.2, 0.25) is 0 Å². The van der Waals surface area contributed by atoms with E-state index in [2.05, 4.69) is 6.92 Å². The summed E-state index contributed by atoms with van der Waals surface area (Å²) >= 11 is 11.7. The number of quaternary nitrogens is 1. The molecule has 0 aliphatic carbocycles. The van der Waals surface area contributed by atoms with E-state index in [9.17, 15) is 0 Å². The standard InChI is InChI=1S/C7H16Cl2N/c1-3-5-6-7-10(8,9)4-2/h3-7H2,1-2H3/q+1. The summed E-state index contributed by atoms with van der Waals surface area (Å²) in [5.41, 5.74) is 0. The van der Waals surface area contributed by atoms with Gasteiger partial charge >= 0.3 is 0 Å². The summed E-state index contributed by atoms with van der Waals surface area (Å²) in [6.07, 6.45) is 3.56. The maximum absolute atomic E-state index is 5.86. The van der Waals surface area contributed by atoms with Crippen LogP contribution < -0.4 is 0 Å². The minimum atomic E-state index is 0.125. The monoisotopic (exact) mass is 184 g/mol. The SMILES string of the molecule is CCCCC[N+](Cl)(Cl)CC. The molecule has 0 radical (unpaired) electrons. The average molecular weight is 185 g/mol. The van der Waals surface area contributed by atoms with Crippen LogP contribution in [0.1, 0.15) is 33.1 Å². The summed E-state index contributed by atoms with van der Waals surface area (Å²) in [6, 6.07) is 0.